The first-order valence-corrected chi connectivity index (χ1v) is 7.25. The summed E-state index contributed by atoms with van der Waals surface area (Å²) >= 11 is 7.36. The van der Waals surface area contributed by atoms with E-state index in [0.29, 0.717) is 28.1 Å². The summed E-state index contributed by atoms with van der Waals surface area (Å²) in [7, 11) is 0. The largest absolute Gasteiger partial charge is 0.310 e. The van der Waals surface area contributed by atoms with E-state index in [1.807, 2.05) is 0 Å². The number of hydrogen-bond acceptors (Lipinski definition) is 4. The van der Waals surface area contributed by atoms with Crippen molar-refractivity contribution >= 4 is 22.9 Å². The molecule has 0 unspecified atom stereocenters. The summed E-state index contributed by atoms with van der Waals surface area (Å²) in [5.74, 6) is 0.207. The van der Waals surface area contributed by atoms with Gasteiger partial charge in [-0.05, 0) is 24.6 Å². The Morgan fingerprint density at radius 3 is 2.84 bits per heavy atom. The summed E-state index contributed by atoms with van der Waals surface area (Å²) < 4.78 is 13.7. The molecule has 1 N–H and O–H groups in total. The summed E-state index contributed by atoms with van der Waals surface area (Å²) in [5, 5.41) is 13.0. The van der Waals surface area contributed by atoms with Gasteiger partial charge < -0.3 is 5.32 Å². The number of halogens is 2. The Morgan fingerprint density at radius 1 is 1.37 bits per heavy atom. The maximum atomic E-state index is 13.7. The first-order chi connectivity index (χ1) is 9.08. The third kappa shape index (κ3) is 3.72. The van der Waals surface area contributed by atoms with Gasteiger partial charge in [0.2, 0.25) is 0 Å². The molecule has 0 spiro atoms. The fourth-order valence-electron chi connectivity index (χ4n) is 1.60. The molecule has 0 aliphatic carbocycles. The van der Waals surface area contributed by atoms with E-state index in [2.05, 4.69) is 29.4 Å². The minimum atomic E-state index is -0.370. The van der Waals surface area contributed by atoms with Crippen LogP contribution in [0.3, 0.4) is 0 Å². The highest BCUT2D eigenvalue weighted by atomic mass is 35.5. The van der Waals surface area contributed by atoms with E-state index in [0.717, 1.165) is 11.6 Å². The van der Waals surface area contributed by atoms with E-state index >= 15 is 0 Å². The molecule has 6 heteroatoms. The summed E-state index contributed by atoms with van der Waals surface area (Å²) in [5.41, 5.74) is 0.330. The molecule has 0 aliphatic rings. The monoisotopic (exact) mass is 299 g/mol. The van der Waals surface area contributed by atoms with E-state index in [9.17, 15) is 4.39 Å². The van der Waals surface area contributed by atoms with Crippen LogP contribution in [0.5, 0.6) is 0 Å². The van der Waals surface area contributed by atoms with Gasteiger partial charge in [0.1, 0.15) is 10.8 Å². The number of aromatic nitrogens is 2. The van der Waals surface area contributed by atoms with Crippen molar-refractivity contribution in [1.29, 1.82) is 0 Å². The van der Waals surface area contributed by atoms with E-state index < -0.39 is 0 Å². The molecular weight excluding hydrogens is 285 g/mol. The molecule has 1 heterocycles. The van der Waals surface area contributed by atoms with Crippen LogP contribution in [0.25, 0.3) is 10.6 Å². The average Bonchev–Trinajstić information content (AvgIpc) is 2.77. The number of rotatable bonds is 5. The fourth-order valence-corrected chi connectivity index (χ4v) is 2.77. The predicted octanol–water partition coefficient (Wildman–Crippen LogP) is 3.74. The van der Waals surface area contributed by atoms with Crippen LogP contribution in [0.4, 0.5) is 4.39 Å². The van der Waals surface area contributed by atoms with Crippen LogP contribution in [0.15, 0.2) is 18.2 Å². The number of nitrogens with one attached hydrogen (secondary N) is 1. The molecule has 2 aromatic rings. The lowest BCUT2D eigenvalue weighted by molar-refractivity contribution is 0.550. The first-order valence-electron chi connectivity index (χ1n) is 6.05. The Hall–Kier alpha value is -1.04. The molecule has 102 valence electrons. The van der Waals surface area contributed by atoms with Gasteiger partial charge in [0, 0.05) is 6.54 Å². The Balaban J connectivity index is 2.12. The topological polar surface area (TPSA) is 37.8 Å². The number of nitrogens with zero attached hydrogens (tertiary/aromatic N) is 2. The molecule has 0 aliphatic heterocycles. The number of hydrogen-bond donors (Lipinski definition) is 1. The van der Waals surface area contributed by atoms with Crippen LogP contribution >= 0.6 is 22.9 Å². The van der Waals surface area contributed by atoms with Gasteiger partial charge in [-0.2, -0.15) is 0 Å². The SMILES string of the molecule is CC(C)CNCc1nnc(-c2c(F)cccc2Cl)s1. The molecule has 3 nitrogen and oxygen atoms in total. The average molecular weight is 300 g/mol. The van der Waals surface area contributed by atoms with Gasteiger partial charge in [-0.1, -0.05) is 42.9 Å². The maximum absolute atomic E-state index is 13.7. The first kappa shape index (κ1) is 14.4. The lowest BCUT2D eigenvalue weighted by Crippen LogP contribution is -2.18. The molecule has 0 saturated carbocycles. The lowest BCUT2D eigenvalue weighted by atomic mass is 10.2. The minimum absolute atomic E-state index is 0.330. The standard InChI is InChI=1S/C13H15ClFN3S/c1-8(2)6-16-7-11-17-18-13(19-11)12-9(14)4-3-5-10(12)15/h3-5,8,16H,6-7H2,1-2H3. The zero-order chi connectivity index (χ0) is 13.8. The molecule has 19 heavy (non-hydrogen) atoms. The highest BCUT2D eigenvalue weighted by molar-refractivity contribution is 7.14. The zero-order valence-electron chi connectivity index (χ0n) is 10.8. The van der Waals surface area contributed by atoms with E-state index in [1.165, 1.54) is 17.4 Å². The molecule has 1 aromatic carbocycles. The smallest absolute Gasteiger partial charge is 0.152 e. The van der Waals surface area contributed by atoms with Crippen molar-refractivity contribution in [3.8, 4) is 10.6 Å². The quantitative estimate of drug-likeness (QED) is 0.914. The van der Waals surface area contributed by atoms with Crippen LogP contribution in [0.1, 0.15) is 18.9 Å². The molecule has 0 bridgehead atoms. The second kappa shape index (κ2) is 6.41. The molecule has 2 rings (SSSR count). The molecule has 0 atom stereocenters. The summed E-state index contributed by atoms with van der Waals surface area (Å²) in [6.45, 7) is 5.83. The zero-order valence-corrected chi connectivity index (χ0v) is 12.4. The van der Waals surface area contributed by atoms with Gasteiger partial charge in [-0.25, -0.2) is 4.39 Å². The predicted molar refractivity (Wildman–Crippen MR) is 76.9 cm³/mol. The van der Waals surface area contributed by atoms with E-state index in [-0.39, 0.29) is 5.82 Å². The van der Waals surface area contributed by atoms with Crippen molar-refractivity contribution in [3.63, 3.8) is 0 Å². The molecule has 0 radical (unpaired) electrons. The fraction of sp³-hybridized carbons (Fsp3) is 0.385. The molecule has 0 fully saturated rings. The van der Waals surface area contributed by atoms with E-state index in [4.69, 9.17) is 11.6 Å². The minimum Gasteiger partial charge on any atom is -0.310 e. The highest BCUT2D eigenvalue weighted by Gasteiger charge is 2.14. The summed E-state index contributed by atoms with van der Waals surface area (Å²) in [6, 6.07) is 4.60. The van der Waals surface area contributed by atoms with Crippen LogP contribution in [0.2, 0.25) is 5.02 Å². The Bertz CT molecular complexity index is 536. The maximum Gasteiger partial charge on any atom is 0.152 e. The summed E-state index contributed by atoms with van der Waals surface area (Å²) in [6.07, 6.45) is 0. The van der Waals surface area contributed by atoms with Gasteiger partial charge >= 0.3 is 0 Å². The van der Waals surface area contributed by atoms with Crippen molar-refractivity contribution in [3.05, 3.63) is 34.0 Å². The number of benzene rings is 1. The van der Waals surface area contributed by atoms with Crippen molar-refractivity contribution in [2.45, 2.75) is 20.4 Å². The Morgan fingerprint density at radius 2 is 2.16 bits per heavy atom. The van der Waals surface area contributed by atoms with Crippen LogP contribution in [-0.4, -0.2) is 16.7 Å². The molecule has 0 amide bonds. The summed E-state index contributed by atoms with van der Waals surface area (Å²) in [4.78, 5) is 0. The lowest BCUT2D eigenvalue weighted by Gasteiger charge is -2.04. The normalized spacial score (nSPS) is 11.2. The van der Waals surface area contributed by atoms with Gasteiger partial charge in [0.15, 0.2) is 5.01 Å². The van der Waals surface area contributed by atoms with Crippen molar-refractivity contribution in [1.82, 2.24) is 15.5 Å². The van der Waals surface area contributed by atoms with Gasteiger partial charge in [-0.3, -0.25) is 0 Å². The van der Waals surface area contributed by atoms with E-state index in [1.54, 1.807) is 12.1 Å². The van der Waals surface area contributed by atoms with Crippen LogP contribution < -0.4 is 5.32 Å². The second-order valence-corrected chi connectivity index (χ2v) is 6.09. The van der Waals surface area contributed by atoms with Gasteiger partial charge in [0.25, 0.3) is 0 Å². The second-order valence-electron chi connectivity index (χ2n) is 4.62. The van der Waals surface area contributed by atoms with Crippen LogP contribution in [-0.2, 0) is 6.54 Å². The van der Waals surface area contributed by atoms with Gasteiger partial charge in [0.05, 0.1) is 10.6 Å². The molecular formula is C13H15ClFN3S. The van der Waals surface area contributed by atoms with Crippen LogP contribution in [0, 0.1) is 11.7 Å². The van der Waals surface area contributed by atoms with Crippen molar-refractivity contribution in [2.75, 3.05) is 6.54 Å². The Labute approximate surface area is 120 Å². The molecule has 0 saturated heterocycles. The Kier molecular flexibility index (Phi) is 4.85. The van der Waals surface area contributed by atoms with Gasteiger partial charge in [-0.15, -0.1) is 10.2 Å². The van der Waals surface area contributed by atoms with Crippen molar-refractivity contribution < 1.29 is 4.39 Å². The molecule has 1 aromatic heterocycles. The third-order valence-electron chi connectivity index (χ3n) is 2.47. The third-order valence-corrected chi connectivity index (χ3v) is 3.73. The highest BCUT2D eigenvalue weighted by Crippen LogP contribution is 2.32. The van der Waals surface area contributed by atoms with Crippen molar-refractivity contribution in [2.24, 2.45) is 5.92 Å².